The van der Waals surface area contributed by atoms with Crippen molar-refractivity contribution in [1.82, 2.24) is 14.9 Å². The second-order valence-electron chi connectivity index (χ2n) is 4.61. The molecule has 2 rings (SSSR count). The zero-order valence-electron chi connectivity index (χ0n) is 12.0. The van der Waals surface area contributed by atoms with Crippen LogP contribution in [0.15, 0.2) is 36.7 Å². The Labute approximate surface area is 129 Å². The number of benzene rings is 1. The van der Waals surface area contributed by atoms with Crippen LogP contribution in [0.1, 0.15) is 23.0 Å². The first kappa shape index (κ1) is 15.3. The van der Waals surface area contributed by atoms with Crippen LogP contribution in [0.25, 0.3) is 0 Å². The number of rotatable bonds is 5. The van der Waals surface area contributed by atoms with E-state index in [0.29, 0.717) is 23.1 Å². The minimum Gasteiger partial charge on any atom is -0.369 e. The maximum atomic E-state index is 12.4. The molecule has 0 fully saturated rings. The summed E-state index contributed by atoms with van der Waals surface area (Å²) in [6.07, 6.45) is 3.06. The fourth-order valence-electron chi connectivity index (χ4n) is 1.91. The lowest BCUT2D eigenvalue weighted by Crippen LogP contribution is -2.27. The number of carbonyl (C=O) groups is 1. The van der Waals surface area contributed by atoms with Crippen LogP contribution in [0.2, 0.25) is 5.02 Å². The topological polar surface area (TPSA) is 58.1 Å². The zero-order valence-corrected chi connectivity index (χ0v) is 12.8. The lowest BCUT2D eigenvalue weighted by Gasteiger charge is -2.17. The lowest BCUT2D eigenvalue weighted by molar-refractivity contribution is 0.0779. The third kappa shape index (κ3) is 4.16. The van der Waals surface area contributed by atoms with E-state index in [9.17, 15) is 4.79 Å². The molecule has 1 amide bonds. The Morgan fingerprint density at radius 1 is 1.38 bits per heavy atom. The van der Waals surface area contributed by atoms with Crippen molar-refractivity contribution in [2.24, 2.45) is 0 Å². The van der Waals surface area contributed by atoms with Gasteiger partial charge in [0.1, 0.15) is 11.5 Å². The van der Waals surface area contributed by atoms with Gasteiger partial charge in [0.15, 0.2) is 0 Å². The van der Waals surface area contributed by atoms with Crippen molar-refractivity contribution in [3.05, 3.63) is 52.9 Å². The minimum atomic E-state index is -0.178. The van der Waals surface area contributed by atoms with Crippen LogP contribution >= 0.6 is 11.6 Å². The summed E-state index contributed by atoms with van der Waals surface area (Å²) in [6.45, 7) is 3.15. The molecule has 0 spiro atoms. The Morgan fingerprint density at radius 3 is 2.90 bits per heavy atom. The molecule has 110 valence electrons. The van der Waals surface area contributed by atoms with E-state index in [-0.39, 0.29) is 5.91 Å². The summed E-state index contributed by atoms with van der Waals surface area (Å²) in [5, 5.41) is 3.69. The standard InChI is InChI=1S/C15H17ClN4O/c1-3-18-14-9-17-8-13(19-14)15(21)20(2)10-11-5-4-6-12(16)7-11/h4-9H,3,10H2,1-2H3,(H,18,19). The first-order chi connectivity index (χ1) is 10.1. The summed E-state index contributed by atoms with van der Waals surface area (Å²) in [7, 11) is 1.73. The first-order valence-corrected chi connectivity index (χ1v) is 7.03. The van der Waals surface area contributed by atoms with Gasteiger partial charge in [-0.15, -0.1) is 0 Å². The van der Waals surface area contributed by atoms with Crippen molar-refractivity contribution in [2.45, 2.75) is 13.5 Å². The minimum absolute atomic E-state index is 0.178. The van der Waals surface area contributed by atoms with Gasteiger partial charge in [0.2, 0.25) is 0 Å². The number of carbonyl (C=O) groups excluding carboxylic acids is 1. The van der Waals surface area contributed by atoms with Gasteiger partial charge in [0.05, 0.1) is 12.4 Å². The molecule has 1 aromatic carbocycles. The van der Waals surface area contributed by atoms with E-state index in [4.69, 9.17) is 11.6 Å². The molecule has 0 unspecified atom stereocenters. The molecule has 1 heterocycles. The van der Waals surface area contributed by atoms with E-state index < -0.39 is 0 Å². The molecule has 0 aliphatic rings. The summed E-state index contributed by atoms with van der Waals surface area (Å²) in [4.78, 5) is 22.2. The largest absolute Gasteiger partial charge is 0.369 e. The van der Waals surface area contributed by atoms with Crippen LogP contribution < -0.4 is 5.32 Å². The molecule has 6 heteroatoms. The Morgan fingerprint density at radius 2 is 2.19 bits per heavy atom. The van der Waals surface area contributed by atoms with E-state index in [1.165, 1.54) is 6.20 Å². The number of anilines is 1. The molecular weight excluding hydrogens is 288 g/mol. The number of amides is 1. The number of hydrogen-bond donors (Lipinski definition) is 1. The van der Waals surface area contributed by atoms with Crippen molar-refractivity contribution >= 4 is 23.3 Å². The number of halogens is 1. The van der Waals surface area contributed by atoms with Gasteiger partial charge in [0.25, 0.3) is 5.91 Å². The van der Waals surface area contributed by atoms with Gasteiger partial charge in [-0.2, -0.15) is 0 Å². The Kier molecular flexibility index (Phi) is 5.11. The second kappa shape index (κ2) is 7.04. The van der Waals surface area contributed by atoms with E-state index in [1.54, 1.807) is 24.2 Å². The van der Waals surface area contributed by atoms with Gasteiger partial charge in [-0.05, 0) is 24.6 Å². The Bertz CT molecular complexity index is 633. The molecule has 0 saturated carbocycles. The van der Waals surface area contributed by atoms with E-state index in [2.05, 4.69) is 15.3 Å². The van der Waals surface area contributed by atoms with E-state index in [1.807, 2.05) is 25.1 Å². The molecule has 0 saturated heterocycles. The number of aromatic nitrogens is 2. The van der Waals surface area contributed by atoms with Crippen LogP contribution in [0.5, 0.6) is 0 Å². The maximum Gasteiger partial charge on any atom is 0.274 e. The van der Waals surface area contributed by atoms with Gasteiger partial charge < -0.3 is 10.2 Å². The third-order valence-electron chi connectivity index (χ3n) is 2.87. The number of hydrogen-bond acceptors (Lipinski definition) is 4. The average Bonchev–Trinajstić information content (AvgIpc) is 2.47. The van der Waals surface area contributed by atoms with Crippen molar-refractivity contribution in [1.29, 1.82) is 0 Å². The molecule has 0 aliphatic carbocycles. The summed E-state index contributed by atoms with van der Waals surface area (Å²) in [5.41, 5.74) is 1.28. The Balaban J connectivity index is 2.10. The first-order valence-electron chi connectivity index (χ1n) is 6.66. The van der Waals surface area contributed by atoms with Gasteiger partial charge >= 0.3 is 0 Å². The van der Waals surface area contributed by atoms with Crippen LogP contribution in [0, 0.1) is 0 Å². The summed E-state index contributed by atoms with van der Waals surface area (Å²) < 4.78 is 0. The maximum absolute atomic E-state index is 12.4. The molecule has 0 atom stereocenters. The highest BCUT2D eigenvalue weighted by atomic mass is 35.5. The molecule has 1 aromatic heterocycles. The normalized spacial score (nSPS) is 10.2. The van der Waals surface area contributed by atoms with Gasteiger partial charge in [0, 0.05) is 25.2 Å². The van der Waals surface area contributed by atoms with Gasteiger partial charge in [-0.1, -0.05) is 23.7 Å². The monoisotopic (exact) mass is 304 g/mol. The zero-order chi connectivity index (χ0) is 15.2. The number of nitrogens with one attached hydrogen (secondary N) is 1. The highest BCUT2D eigenvalue weighted by Crippen LogP contribution is 2.13. The molecule has 0 bridgehead atoms. The average molecular weight is 305 g/mol. The predicted octanol–water partition coefficient (Wildman–Crippen LogP) is 2.83. The SMILES string of the molecule is CCNc1cncc(C(=O)N(C)Cc2cccc(Cl)c2)n1. The molecule has 5 nitrogen and oxygen atoms in total. The fourth-order valence-corrected chi connectivity index (χ4v) is 2.12. The van der Waals surface area contributed by atoms with Crippen LogP contribution in [-0.4, -0.2) is 34.4 Å². The van der Waals surface area contributed by atoms with E-state index >= 15 is 0 Å². The molecule has 21 heavy (non-hydrogen) atoms. The van der Waals surface area contributed by atoms with Gasteiger partial charge in [-0.25, -0.2) is 4.98 Å². The van der Waals surface area contributed by atoms with Crippen molar-refractivity contribution in [3.8, 4) is 0 Å². The van der Waals surface area contributed by atoms with Gasteiger partial charge in [-0.3, -0.25) is 9.78 Å². The Hall–Kier alpha value is -2.14. The fraction of sp³-hybridized carbons (Fsp3) is 0.267. The van der Waals surface area contributed by atoms with E-state index in [0.717, 1.165) is 12.1 Å². The molecule has 0 radical (unpaired) electrons. The van der Waals surface area contributed by atoms with Crippen molar-refractivity contribution in [3.63, 3.8) is 0 Å². The van der Waals surface area contributed by atoms with Crippen LogP contribution in [-0.2, 0) is 6.54 Å². The summed E-state index contributed by atoms with van der Waals surface area (Å²) >= 11 is 5.95. The van der Waals surface area contributed by atoms with Crippen LogP contribution in [0.3, 0.4) is 0 Å². The highest BCUT2D eigenvalue weighted by molar-refractivity contribution is 6.30. The third-order valence-corrected chi connectivity index (χ3v) is 3.10. The smallest absolute Gasteiger partial charge is 0.274 e. The molecular formula is C15H17ClN4O. The lowest BCUT2D eigenvalue weighted by atomic mass is 10.2. The second-order valence-corrected chi connectivity index (χ2v) is 5.05. The number of nitrogens with zero attached hydrogens (tertiary/aromatic N) is 3. The highest BCUT2D eigenvalue weighted by Gasteiger charge is 2.14. The molecule has 1 N–H and O–H groups in total. The quantitative estimate of drug-likeness (QED) is 0.923. The van der Waals surface area contributed by atoms with Crippen LogP contribution in [0.4, 0.5) is 5.82 Å². The summed E-state index contributed by atoms with van der Waals surface area (Å²) in [5.74, 6) is 0.418. The molecule has 2 aromatic rings. The predicted molar refractivity (Wildman–Crippen MR) is 83.4 cm³/mol. The van der Waals surface area contributed by atoms with Crippen molar-refractivity contribution in [2.75, 3.05) is 18.9 Å². The summed E-state index contributed by atoms with van der Waals surface area (Å²) in [6, 6.07) is 7.43. The molecule has 0 aliphatic heterocycles. The van der Waals surface area contributed by atoms with Crippen molar-refractivity contribution < 1.29 is 4.79 Å².